The van der Waals surface area contributed by atoms with Crippen LogP contribution in [0.5, 0.6) is 11.5 Å². The van der Waals surface area contributed by atoms with Crippen molar-refractivity contribution in [3.63, 3.8) is 0 Å². The monoisotopic (exact) mass is 383 g/mol. The second-order valence-electron chi connectivity index (χ2n) is 6.30. The van der Waals surface area contributed by atoms with Crippen LogP contribution in [0.2, 0.25) is 0 Å². The van der Waals surface area contributed by atoms with Crippen molar-refractivity contribution in [2.45, 2.75) is 33.6 Å². The number of benzene rings is 2. The molecule has 0 saturated carbocycles. The molecule has 3 N–H and O–H groups in total. The van der Waals surface area contributed by atoms with Crippen LogP contribution in [0, 0.1) is 13.8 Å². The minimum absolute atomic E-state index is 0.0217. The molecule has 0 radical (unpaired) electrons. The third-order valence-corrected chi connectivity index (χ3v) is 3.94. The maximum atomic E-state index is 11.9. The number of nitrogens with one attached hydrogen (secondary N) is 2. The van der Waals surface area contributed by atoms with Crippen LogP contribution in [0.25, 0.3) is 0 Å². The van der Waals surface area contributed by atoms with Crippen LogP contribution in [0.3, 0.4) is 0 Å². The minimum atomic E-state index is -0.356. The summed E-state index contributed by atoms with van der Waals surface area (Å²) in [6.07, 6.45) is 1.57. The van der Waals surface area contributed by atoms with Crippen molar-refractivity contribution in [2.75, 3.05) is 11.9 Å². The predicted molar refractivity (Wildman–Crippen MR) is 109 cm³/mol. The average molecular weight is 383 g/mol. The number of hydrazone groups is 1. The summed E-state index contributed by atoms with van der Waals surface area (Å²) in [7, 11) is 0. The van der Waals surface area contributed by atoms with E-state index in [1.807, 2.05) is 6.92 Å². The zero-order chi connectivity index (χ0) is 20.5. The third kappa shape index (κ3) is 6.42. The first-order chi connectivity index (χ1) is 13.4. The Morgan fingerprint density at radius 1 is 1.07 bits per heavy atom. The molecule has 0 aromatic heterocycles. The lowest BCUT2D eigenvalue weighted by atomic mass is 10.1. The number of ether oxygens (including phenoxy) is 1. The molecule has 0 heterocycles. The molecule has 0 atom stereocenters. The van der Waals surface area contributed by atoms with Crippen LogP contribution in [0.4, 0.5) is 5.69 Å². The van der Waals surface area contributed by atoms with Crippen LogP contribution in [-0.4, -0.2) is 29.7 Å². The Morgan fingerprint density at radius 2 is 1.68 bits per heavy atom. The number of phenolic OH excluding ortho intramolecular Hbond substituents is 1. The highest BCUT2D eigenvalue weighted by molar-refractivity contribution is 5.93. The van der Waals surface area contributed by atoms with Gasteiger partial charge < -0.3 is 15.2 Å². The Hall–Kier alpha value is -3.35. The van der Waals surface area contributed by atoms with Gasteiger partial charge in [-0.2, -0.15) is 5.10 Å². The number of amides is 2. The summed E-state index contributed by atoms with van der Waals surface area (Å²) in [5.41, 5.74) is 5.28. The number of hydrogen-bond acceptors (Lipinski definition) is 5. The highest BCUT2D eigenvalue weighted by atomic mass is 16.5. The fourth-order valence-electron chi connectivity index (χ4n) is 2.55. The molecule has 7 heteroatoms. The summed E-state index contributed by atoms with van der Waals surface area (Å²) in [5, 5.41) is 16.4. The van der Waals surface area contributed by atoms with Crippen molar-refractivity contribution >= 4 is 23.7 Å². The number of nitrogens with zero attached hydrogens (tertiary/aromatic N) is 1. The van der Waals surface area contributed by atoms with E-state index in [1.54, 1.807) is 50.2 Å². The van der Waals surface area contributed by atoms with Crippen molar-refractivity contribution in [3.05, 3.63) is 53.1 Å². The topological polar surface area (TPSA) is 100 Å². The summed E-state index contributed by atoms with van der Waals surface area (Å²) in [6.45, 7) is 6.06. The molecule has 0 aliphatic heterocycles. The number of rotatable bonds is 8. The van der Waals surface area contributed by atoms with Crippen molar-refractivity contribution in [1.82, 2.24) is 5.43 Å². The highest BCUT2D eigenvalue weighted by Crippen LogP contribution is 2.22. The molecule has 0 saturated heterocycles. The summed E-state index contributed by atoms with van der Waals surface area (Å²) in [5.74, 6) is 0.370. The Bertz CT molecular complexity index is 837. The second-order valence-corrected chi connectivity index (χ2v) is 6.30. The Balaban J connectivity index is 1.76. The fraction of sp³-hybridized carbons (Fsp3) is 0.286. The molecule has 2 amide bonds. The fourth-order valence-corrected chi connectivity index (χ4v) is 2.55. The van der Waals surface area contributed by atoms with Crippen LogP contribution in [0.15, 0.2) is 41.5 Å². The van der Waals surface area contributed by atoms with E-state index in [2.05, 4.69) is 15.8 Å². The molecule has 2 aromatic carbocycles. The predicted octanol–water partition coefficient (Wildman–Crippen LogP) is 3.28. The van der Waals surface area contributed by atoms with E-state index in [1.165, 1.54) is 6.21 Å². The van der Waals surface area contributed by atoms with Crippen LogP contribution in [0.1, 0.15) is 36.5 Å². The van der Waals surface area contributed by atoms with Gasteiger partial charge in [-0.3, -0.25) is 9.59 Å². The van der Waals surface area contributed by atoms with Gasteiger partial charge in [0.25, 0.3) is 0 Å². The number of hydrogen-bond donors (Lipinski definition) is 3. The molecular formula is C21H25N3O4. The Morgan fingerprint density at radius 3 is 2.29 bits per heavy atom. The molecule has 2 rings (SSSR count). The normalized spacial score (nSPS) is 10.7. The van der Waals surface area contributed by atoms with Gasteiger partial charge in [-0.15, -0.1) is 0 Å². The van der Waals surface area contributed by atoms with Crippen LogP contribution in [-0.2, 0) is 9.59 Å². The van der Waals surface area contributed by atoms with Gasteiger partial charge in [-0.1, -0.05) is 0 Å². The SMILES string of the molecule is CCOc1ccc(NC(=O)CCC(=O)N/N=C/c2cc(C)c(O)c(C)c2)cc1. The number of phenols is 1. The molecular weight excluding hydrogens is 358 g/mol. The molecule has 0 bridgehead atoms. The maximum Gasteiger partial charge on any atom is 0.240 e. The van der Waals surface area contributed by atoms with E-state index in [9.17, 15) is 14.7 Å². The zero-order valence-corrected chi connectivity index (χ0v) is 16.3. The van der Waals surface area contributed by atoms with E-state index in [-0.39, 0.29) is 30.4 Å². The lowest BCUT2D eigenvalue weighted by molar-refractivity contribution is -0.124. The average Bonchev–Trinajstić information content (AvgIpc) is 2.66. The quantitative estimate of drug-likeness (QED) is 0.481. The van der Waals surface area contributed by atoms with Gasteiger partial charge in [0.2, 0.25) is 11.8 Å². The van der Waals surface area contributed by atoms with Gasteiger partial charge in [0, 0.05) is 18.5 Å². The maximum absolute atomic E-state index is 11.9. The highest BCUT2D eigenvalue weighted by Gasteiger charge is 2.07. The largest absolute Gasteiger partial charge is 0.507 e. The molecule has 0 unspecified atom stereocenters. The first-order valence-electron chi connectivity index (χ1n) is 9.04. The smallest absolute Gasteiger partial charge is 0.240 e. The Labute approximate surface area is 164 Å². The summed E-state index contributed by atoms with van der Waals surface area (Å²) in [6, 6.07) is 10.6. The second kappa shape index (κ2) is 10.1. The molecule has 0 aliphatic carbocycles. The lowest BCUT2D eigenvalue weighted by Crippen LogP contribution is -2.20. The van der Waals surface area contributed by atoms with Gasteiger partial charge >= 0.3 is 0 Å². The van der Waals surface area contributed by atoms with Crippen molar-refractivity contribution < 1.29 is 19.4 Å². The van der Waals surface area contributed by atoms with Crippen LogP contribution >= 0.6 is 0 Å². The molecule has 0 fully saturated rings. The van der Waals surface area contributed by atoms with Crippen LogP contribution < -0.4 is 15.5 Å². The van der Waals surface area contributed by atoms with Gasteiger partial charge in [-0.05, 0) is 73.9 Å². The number of aromatic hydroxyl groups is 1. The zero-order valence-electron chi connectivity index (χ0n) is 16.3. The Kier molecular flexibility index (Phi) is 7.56. The van der Waals surface area contributed by atoms with E-state index < -0.39 is 0 Å². The molecule has 28 heavy (non-hydrogen) atoms. The lowest BCUT2D eigenvalue weighted by Gasteiger charge is -2.07. The summed E-state index contributed by atoms with van der Waals surface area (Å²) < 4.78 is 5.34. The first kappa shape index (κ1) is 21.0. The number of anilines is 1. The van der Waals surface area contributed by atoms with E-state index in [0.717, 1.165) is 22.4 Å². The number of aryl methyl sites for hydroxylation is 2. The van der Waals surface area contributed by atoms with Crippen molar-refractivity contribution in [3.8, 4) is 11.5 Å². The minimum Gasteiger partial charge on any atom is -0.507 e. The van der Waals surface area contributed by atoms with Gasteiger partial charge in [0.05, 0.1) is 12.8 Å². The molecule has 0 spiro atoms. The molecule has 7 nitrogen and oxygen atoms in total. The van der Waals surface area contributed by atoms with E-state index >= 15 is 0 Å². The molecule has 0 aliphatic rings. The van der Waals surface area contributed by atoms with Gasteiger partial charge in [0.1, 0.15) is 11.5 Å². The van der Waals surface area contributed by atoms with E-state index in [0.29, 0.717) is 12.3 Å². The van der Waals surface area contributed by atoms with E-state index in [4.69, 9.17) is 4.74 Å². The summed E-state index contributed by atoms with van der Waals surface area (Å²) in [4.78, 5) is 23.8. The number of carbonyl (C=O) groups is 2. The third-order valence-electron chi connectivity index (χ3n) is 3.94. The summed E-state index contributed by atoms with van der Waals surface area (Å²) >= 11 is 0. The molecule has 148 valence electrons. The van der Waals surface area contributed by atoms with Crippen molar-refractivity contribution in [2.24, 2.45) is 5.10 Å². The van der Waals surface area contributed by atoms with Gasteiger partial charge in [-0.25, -0.2) is 5.43 Å². The number of carbonyl (C=O) groups excluding carboxylic acids is 2. The van der Waals surface area contributed by atoms with Crippen molar-refractivity contribution in [1.29, 1.82) is 0 Å². The van der Waals surface area contributed by atoms with Gasteiger partial charge in [0.15, 0.2) is 0 Å². The molecule has 2 aromatic rings. The standard InChI is InChI=1S/C21H25N3O4/c1-4-28-18-7-5-17(6-8-18)23-19(25)9-10-20(26)24-22-13-16-11-14(2)21(27)15(3)12-16/h5-8,11-13,27H,4,9-10H2,1-3H3,(H,23,25)(H,24,26)/b22-13+. The first-order valence-corrected chi connectivity index (χ1v) is 9.04.